The first-order valence-electron chi connectivity index (χ1n) is 9.90. The van der Waals surface area contributed by atoms with Crippen LogP contribution in [0.3, 0.4) is 0 Å². The number of amides is 1. The lowest BCUT2D eigenvalue weighted by molar-refractivity contribution is -0.140. The van der Waals surface area contributed by atoms with E-state index in [9.17, 15) is 14.7 Å². The monoisotopic (exact) mass is 461 g/mol. The number of Topliss-reactive ketones (excluding diaryl/α,β-unsaturated/α-hetero) is 1. The molecule has 2 fully saturated rings. The molecule has 2 aromatic carbocycles. The first-order chi connectivity index (χ1) is 14.9. The molecule has 0 radical (unpaired) electrons. The fourth-order valence-electron chi connectivity index (χ4n) is 4.01. The maximum atomic E-state index is 13.0. The molecular weight excluding hydrogens is 441 g/mol. The number of ketones is 1. The molecule has 31 heavy (non-hydrogen) atoms. The van der Waals surface area contributed by atoms with Gasteiger partial charge in [-0.15, -0.1) is 0 Å². The van der Waals surface area contributed by atoms with Crippen molar-refractivity contribution in [2.45, 2.75) is 25.0 Å². The van der Waals surface area contributed by atoms with E-state index in [0.717, 1.165) is 12.8 Å². The number of nitrogens with zero attached hydrogens (tertiary/aromatic N) is 1. The molecule has 4 rings (SSSR count). The van der Waals surface area contributed by atoms with Crippen molar-refractivity contribution in [2.75, 3.05) is 20.3 Å². The van der Waals surface area contributed by atoms with Crippen LogP contribution in [0, 0.1) is 0 Å². The van der Waals surface area contributed by atoms with Crippen molar-refractivity contribution >= 4 is 40.7 Å². The van der Waals surface area contributed by atoms with Gasteiger partial charge in [-0.25, -0.2) is 0 Å². The zero-order chi connectivity index (χ0) is 22.1. The van der Waals surface area contributed by atoms with Crippen molar-refractivity contribution in [3.05, 3.63) is 69.2 Å². The Hall–Kier alpha value is -2.54. The van der Waals surface area contributed by atoms with E-state index in [0.29, 0.717) is 33.5 Å². The number of rotatable bonds is 5. The van der Waals surface area contributed by atoms with Crippen molar-refractivity contribution < 1.29 is 24.2 Å². The summed E-state index contributed by atoms with van der Waals surface area (Å²) in [5.41, 5.74) is 0.995. The van der Waals surface area contributed by atoms with Gasteiger partial charge in [0.05, 0.1) is 34.9 Å². The first kappa shape index (κ1) is 21.7. The number of hydrogen-bond donors (Lipinski definition) is 1. The van der Waals surface area contributed by atoms with Crippen molar-refractivity contribution in [2.24, 2.45) is 0 Å². The highest BCUT2D eigenvalue weighted by atomic mass is 35.5. The number of aliphatic hydroxyl groups is 1. The number of ether oxygens (including phenoxy) is 2. The Morgan fingerprint density at radius 1 is 1.16 bits per heavy atom. The molecule has 162 valence electrons. The van der Waals surface area contributed by atoms with E-state index in [1.54, 1.807) is 42.5 Å². The average molecular weight is 462 g/mol. The molecule has 2 atom stereocenters. The van der Waals surface area contributed by atoms with E-state index in [2.05, 4.69) is 0 Å². The van der Waals surface area contributed by atoms with E-state index < -0.39 is 17.7 Å². The predicted molar refractivity (Wildman–Crippen MR) is 117 cm³/mol. The Morgan fingerprint density at radius 3 is 2.52 bits per heavy atom. The molecular formula is C23H21Cl2NO5. The average Bonchev–Trinajstić information content (AvgIpc) is 3.38. The number of halogens is 2. The molecule has 2 heterocycles. The van der Waals surface area contributed by atoms with Crippen LogP contribution in [0.5, 0.6) is 5.75 Å². The maximum absolute atomic E-state index is 13.0. The van der Waals surface area contributed by atoms with Gasteiger partial charge >= 0.3 is 0 Å². The fraction of sp³-hybridized carbons (Fsp3) is 0.304. The van der Waals surface area contributed by atoms with Gasteiger partial charge in [-0.1, -0.05) is 29.3 Å². The second-order valence-corrected chi connectivity index (χ2v) is 8.30. The Labute approximate surface area is 190 Å². The first-order valence-corrected chi connectivity index (χ1v) is 10.7. The lowest BCUT2D eigenvalue weighted by atomic mass is 9.95. The lowest BCUT2D eigenvalue weighted by Crippen LogP contribution is -2.36. The second-order valence-electron chi connectivity index (χ2n) is 7.49. The molecule has 8 heteroatoms. The molecule has 2 aliphatic rings. The smallest absolute Gasteiger partial charge is 0.295 e. The molecule has 0 bridgehead atoms. The number of aliphatic hydroxyl groups excluding tert-OH is 1. The highest BCUT2D eigenvalue weighted by molar-refractivity contribution is 6.46. The number of carbonyl (C=O) groups is 2. The van der Waals surface area contributed by atoms with Gasteiger partial charge in [-0.3, -0.25) is 9.59 Å². The minimum absolute atomic E-state index is 0.00607. The van der Waals surface area contributed by atoms with Crippen LogP contribution >= 0.6 is 23.2 Å². The molecule has 1 N–H and O–H groups in total. The molecule has 2 aliphatic heterocycles. The summed E-state index contributed by atoms with van der Waals surface area (Å²) in [6.45, 7) is 0.868. The van der Waals surface area contributed by atoms with Gasteiger partial charge in [0.15, 0.2) is 0 Å². The van der Waals surface area contributed by atoms with Crippen molar-refractivity contribution in [1.82, 2.24) is 4.90 Å². The number of methoxy groups -OCH3 is 1. The Kier molecular flexibility index (Phi) is 6.23. The van der Waals surface area contributed by atoms with Gasteiger partial charge in [0.1, 0.15) is 11.5 Å². The third-order valence-electron chi connectivity index (χ3n) is 5.59. The highest BCUT2D eigenvalue weighted by Crippen LogP contribution is 2.41. The van der Waals surface area contributed by atoms with Crippen molar-refractivity contribution in [1.29, 1.82) is 0 Å². The van der Waals surface area contributed by atoms with Crippen LogP contribution < -0.4 is 4.74 Å². The van der Waals surface area contributed by atoms with Crippen LogP contribution in [0.25, 0.3) is 5.76 Å². The van der Waals surface area contributed by atoms with Gasteiger partial charge in [0.2, 0.25) is 0 Å². The minimum Gasteiger partial charge on any atom is -0.507 e. The summed E-state index contributed by atoms with van der Waals surface area (Å²) < 4.78 is 10.8. The quantitative estimate of drug-likeness (QED) is 0.399. The van der Waals surface area contributed by atoms with E-state index in [1.807, 2.05) is 0 Å². The summed E-state index contributed by atoms with van der Waals surface area (Å²) in [6.07, 6.45) is 1.54. The van der Waals surface area contributed by atoms with E-state index in [-0.39, 0.29) is 24.0 Å². The third kappa shape index (κ3) is 4.15. The van der Waals surface area contributed by atoms with Gasteiger partial charge in [-0.05, 0) is 54.8 Å². The zero-order valence-corrected chi connectivity index (χ0v) is 18.3. The number of hydrogen-bond acceptors (Lipinski definition) is 5. The summed E-state index contributed by atoms with van der Waals surface area (Å²) in [4.78, 5) is 27.5. The minimum atomic E-state index is -0.805. The molecule has 0 saturated carbocycles. The summed E-state index contributed by atoms with van der Waals surface area (Å²) >= 11 is 12.3. The number of benzene rings is 2. The van der Waals surface area contributed by atoms with Gasteiger partial charge in [0, 0.05) is 18.7 Å². The molecule has 2 unspecified atom stereocenters. The van der Waals surface area contributed by atoms with Gasteiger partial charge < -0.3 is 19.5 Å². The maximum Gasteiger partial charge on any atom is 0.295 e. The second kappa shape index (κ2) is 8.91. The Balaban J connectivity index is 1.82. The van der Waals surface area contributed by atoms with E-state index >= 15 is 0 Å². The van der Waals surface area contributed by atoms with Gasteiger partial charge in [0.25, 0.3) is 11.7 Å². The van der Waals surface area contributed by atoms with E-state index in [1.165, 1.54) is 12.0 Å². The Morgan fingerprint density at radius 2 is 1.90 bits per heavy atom. The molecule has 6 nitrogen and oxygen atoms in total. The molecule has 1 amide bonds. The SMILES string of the molecule is COc1ccc(/C(O)=C2\C(=O)C(=O)N(CC3CCCO3)C2c2ccc(Cl)c(Cl)c2)cc1. The van der Waals surface area contributed by atoms with Crippen molar-refractivity contribution in [3.8, 4) is 5.75 Å². The van der Waals surface area contributed by atoms with Crippen LogP contribution in [-0.2, 0) is 14.3 Å². The molecule has 0 spiro atoms. The van der Waals surface area contributed by atoms with Crippen LogP contribution in [0.15, 0.2) is 48.0 Å². The molecule has 2 aromatic rings. The molecule has 0 aromatic heterocycles. The van der Waals surface area contributed by atoms with E-state index in [4.69, 9.17) is 32.7 Å². The standard InChI is InChI=1S/C23H21Cl2NO5/c1-30-15-7-4-13(5-8-15)21(27)19-20(14-6-9-17(24)18(25)11-14)26(23(29)22(19)28)12-16-3-2-10-31-16/h4-9,11,16,20,27H,2-3,10,12H2,1H3/b21-19+. The summed E-state index contributed by atoms with van der Waals surface area (Å²) in [5, 5.41) is 11.7. The molecule has 0 aliphatic carbocycles. The summed E-state index contributed by atoms with van der Waals surface area (Å²) in [7, 11) is 1.54. The van der Waals surface area contributed by atoms with Crippen LogP contribution in [0.1, 0.15) is 30.0 Å². The topological polar surface area (TPSA) is 76.1 Å². The lowest BCUT2D eigenvalue weighted by Gasteiger charge is -2.27. The summed E-state index contributed by atoms with van der Waals surface area (Å²) in [5.74, 6) is -1.08. The largest absolute Gasteiger partial charge is 0.507 e. The fourth-order valence-corrected chi connectivity index (χ4v) is 4.32. The van der Waals surface area contributed by atoms with Crippen LogP contribution in [0.4, 0.5) is 0 Å². The van der Waals surface area contributed by atoms with Crippen molar-refractivity contribution in [3.63, 3.8) is 0 Å². The Bertz CT molecular complexity index is 1040. The third-order valence-corrected chi connectivity index (χ3v) is 6.33. The zero-order valence-electron chi connectivity index (χ0n) is 16.8. The summed E-state index contributed by atoms with van der Waals surface area (Å²) in [6, 6.07) is 10.7. The van der Waals surface area contributed by atoms with Crippen LogP contribution in [0.2, 0.25) is 10.0 Å². The molecule has 2 saturated heterocycles. The number of carbonyl (C=O) groups excluding carboxylic acids is 2. The highest BCUT2D eigenvalue weighted by Gasteiger charge is 2.47. The van der Waals surface area contributed by atoms with Crippen LogP contribution in [-0.4, -0.2) is 48.1 Å². The van der Waals surface area contributed by atoms with Gasteiger partial charge in [-0.2, -0.15) is 0 Å². The number of likely N-dealkylation sites (tertiary alicyclic amines) is 1. The predicted octanol–water partition coefficient (Wildman–Crippen LogP) is 4.60. The normalized spacial score (nSPS) is 22.9.